The molecule has 0 aliphatic heterocycles. The molecule has 0 bridgehead atoms. The Morgan fingerprint density at radius 2 is 2.03 bits per heavy atom. The second-order valence-electron chi connectivity index (χ2n) is 6.05. The molecule has 2 aromatic heterocycles. The van der Waals surface area contributed by atoms with Crippen molar-refractivity contribution < 1.29 is 19.2 Å². The lowest BCUT2D eigenvalue weighted by Crippen LogP contribution is -2.28. The summed E-state index contributed by atoms with van der Waals surface area (Å²) in [5.74, 6) is -1.07. The van der Waals surface area contributed by atoms with Crippen molar-refractivity contribution in [2.24, 2.45) is 0 Å². The van der Waals surface area contributed by atoms with E-state index in [1.165, 1.54) is 29.4 Å². The van der Waals surface area contributed by atoms with Gasteiger partial charge in [0.05, 0.1) is 29.2 Å². The Bertz CT molecular complexity index is 1170. The Balaban J connectivity index is 1.90. The normalized spacial score (nSPS) is 10.7. The lowest BCUT2D eigenvalue weighted by molar-refractivity contribution is -0.384. The first kappa shape index (κ1) is 20.1. The van der Waals surface area contributed by atoms with Crippen LogP contribution in [-0.4, -0.2) is 45.3 Å². The predicted molar refractivity (Wildman–Crippen MR) is 105 cm³/mol. The number of carbonyl (C=O) groups excluding carboxylic acids is 2. The monoisotopic (exact) mass is 416 g/mol. The zero-order valence-electron chi connectivity index (χ0n) is 15.5. The van der Waals surface area contributed by atoms with Crippen molar-refractivity contribution in [1.29, 1.82) is 0 Å². The molecule has 0 aliphatic rings. The zero-order chi connectivity index (χ0) is 21.1. The van der Waals surface area contributed by atoms with Crippen LogP contribution in [0.4, 0.5) is 5.69 Å². The maximum Gasteiger partial charge on any atom is 0.338 e. The van der Waals surface area contributed by atoms with Crippen LogP contribution in [0, 0.1) is 10.1 Å². The number of benzene rings is 1. The van der Waals surface area contributed by atoms with Gasteiger partial charge in [-0.05, 0) is 24.4 Å². The van der Waals surface area contributed by atoms with E-state index in [0.717, 1.165) is 12.1 Å². The number of nitrogens with one attached hydrogen (secondary N) is 1. The van der Waals surface area contributed by atoms with Crippen LogP contribution in [0.5, 0.6) is 0 Å². The minimum atomic E-state index is -0.762. The smallest absolute Gasteiger partial charge is 0.338 e. The van der Waals surface area contributed by atoms with Crippen molar-refractivity contribution in [1.82, 2.24) is 14.9 Å². The number of ether oxygens (including phenoxy) is 1. The second kappa shape index (κ2) is 8.19. The van der Waals surface area contributed by atoms with E-state index in [1.807, 2.05) is 0 Å². The number of hydrogen-bond donors (Lipinski definition) is 1. The number of H-pyrrole nitrogens is 1. The van der Waals surface area contributed by atoms with Crippen LogP contribution < -0.4 is 5.56 Å². The predicted octanol–water partition coefficient (Wildman–Crippen LogP) is 2.34. The van der Waals surface area contributed by atoms with Crippen LogP contribution in [-0.2, 0) is 11.3 Å². The first-order valence-corrected chi connectivity index (χ1v) is 9.36. The number of amides is 1. The summed E-state index contributed by atoms with van der Waals surface area (Å²) in [4.78, 5) is 55.5. The number of esters is 1. The van der Waals surface area contributed by atoms with Gasteiger partial charge in [0.2, 0.25) is 0 Å². The molecule has 3 rings (SSSR count). The van der Waals surface area contributed by atoms with Crippen molar-refractivity contribution in [3.05, 3.63) is 67.1 Å². The molecule has 2 heterocycles. The molecule has 0 saturated heterocycles. The minimum absolute atomic E-state index is 0.0305. The lowest BCUT2D eigenvalue weighted by Gasteiger charge is -2.17. The molecule has 1 amide bonds. The maximum absolute atomic E-state index is 12.8. The molecule has 0 aliphatic carbocycles. The van der Waals surface area contributed by atoms with E-state index >= 15 is 0 Å². The molecule has 0 radical (unpaired) electrons. The van der Waals surface area contributed by atoms with E-state index in [9.17, 15) is 24.5 Å². The van der Waals surface area contributed by atoms with Gasteiger partial charge in [-0.25, -0.2) is 9.78 Å². The molecule has 0 fully saturated rings. The molecule has 0 saturated carbocycles. The van der Waals surface area contributed by atoms with E-state index in [4.69, 9.17) is 4.74 Å². The van der Waals surface area contributed by atoms with E-state index in [1.54, 1.807) is 18.4 Å². The minimum Gasteiger partial charge on any atom is -0.462 e. The third-order valence-corrected chi connectivity index (χ3v) is 4.89. The van der Waals surface area contributed by atoms with Gasteiger partial charge in [0.25, 0.3) is 17.2 Å². The molecular weight excluding hydrogens is 400 g/mol. The number of carbonyl (C=O) groups is 2. The third-order valence-electron chi connectivity index (χ3n) is 3.98. The average molecular weight is 416 g/mol. The summed E-state index contributed by atoms with van der Waals surface area (Å²) in [5.41, 5.74) is -0.332. The Labute approximate surface area is 167 Å². The number of aromatic amines is 1. The van der Waals surface area contributed by atoms with Gasteiger partial charge in [-0.3, -0.25) is 19.7 Å². The molecule has 0 atom stereocenters. The number of thiophene rings is 1. The van der Waals surface area contributed by atoms with Crippen molar-refractivity contribution in [3.63, 3.8) is 0 Å². The fraction of sp³-hybridized carbons (Fsp3) is 0.222. The number of hydrogen-bond acceptors (Lipinski definition) is 8. The van der Waals surface area contributed by atoms with Crippen LogP contribution in [0.3, 0.4) is 0 Å². The van der Waals surface area contributed by atoms with Crippen LogP contribution in [0.15, 0.2) is 34.4 Å². The zero-order valence-corrected chi connectivity index (χ0v) is 16.3. The topological polar surface area (TPSA) is 136 Å². The molecule has 150 valence electrons. The fourth-order valence-electron chi connectivity index (χ4n) is 2.69. The molecule has 10 nitrogen and oxygen atoms in total. The standard InChI is InChI=1S/C18H16N4O6S/c1-3-28-18(25)11-6-10(7-12(8-11)22(26)27)17(24)21(2)9-14-19-13-4-5-29-15(13)16(23)20-14/h4-8H,3,9H2,1-2H3,(H,19,20,23). The molecule has 0 unspecified atom stereocenters. The molecule has 3 aromatic rings. The number of fused-ring (bicyclic) bond motifs is 1. The number of nitro groups is 1. The van der Waals surface area contributed by atoms with Gasteiger partial charge < -0.3 is 14.6 Å². The first-order chi connectivity index (χ1) is 13.8. The highest BCUT2D eigenvalue weighted by Gasteiger charge is 2.21. The van der Waals surface area contributed by atoms with Crippen LogP contribution >= 0.6 is 11.3 Å². The third kappa shape index (κ3) is 4.29. The number of nitrogens with zero attached hydrogens (tertiary/aromatic N) is 3. The summed E-state index contributed by atoms with van der Waals surface area (Å²) in [7, 11) is 1.46. The lowest BCUT2D eigenvalue weighted by atomic mass is 10.1. The van der Waals surface area contributed by atoms with Gasteiger partial charge in [0.15, 0.2) is 0 Å². The summed E-state index contributed by atoms with van der Waals surface area (Å²) in [6.45, 7) is 1.67. The van der Waals surface area contributed by atoms with Gasteiger partial charge in [-0.2, -0.15) is 0 Å². The van der Waals surface area contributed by atoms with Gasteiger partial charge in [-0.15, -0.1) is 11.3 Å². The Morgan fingerprint density at radius 3 is 2.72 bits per heavy atom. The summed E-state index contributed by atoms with van der Waals surface area (Å²) in [6, 6.07) is 5.08. The van der Waals surface area contributed by atoms with Crippen LogP contribution in [0.25, 0.3) is 10.2 Å². The number of non-ortho nitro benzene ring substituents is 1. The highest BCUT2D eigenvalue weighted by Crippen LogP contribution is 2.20. The molecule has 11 heteroatoms. The molecule has 29 heavy (non-hydrogen) atoms. The Hall–Kier alpha value is -3.60. The number of rotatable bonds is 6. The average Bonchev–Trinajstić information content (AvgIpc) is 3.16. The molecule has 0 spiro atoms. The van der Waals surface area contributed by atoms with E-state index < -0.39 is 22.5 Å². The van der Waals surface area contributed by atoms with Crippen molar-refractivity contribution in [2.45, 2.75) is 13.5 Å². The molecule has 1 aromatic carbocycles. The van der Waals surface area contributed by atoms with Crippen molar-refractivity contribution in [2.75, 3.05) is 13.7 Å². The SMILES string of the molecule is CCOC(=O)c1cc(C(=O)N(C)Cc2nc3ccsc3c(=O)[nH]2)cc([N+](=O)[O-])c1. The van der Waals surface area contributed by atoms with Gasteiger partial charge >= 0.3 is 5.97 Å². The maximum atomic E-state index is 12.8. The number of nitro benzene ring substituents is 1. The molecule has 1 N–H and O–H groups in total. The molecular formula is C18H16N4O6S. The highest BCUT2D eigenvalue weighted by atomic mass is 32.1. The Morgan fingerprint density at radius 1 is 1.31 bits per heavy atom. The summed E-state index contributed by atoms with van der Waals surface area (Å²) >= 11 is 1.26. The van der Waals surface area contributed by atoms with E-state index in [2.05, 4.69) is 9.97 Å². The van der Waals surface area contributed by atoms with Gasteiger partial charge in [0, 0.05) is 24.7 Å². The number of aromatic nitrogens is 2. The van der Waals surface area contributed by atoms with Crippen LogP contribution in [0.1, 0.15) is 33.5 Å². The highest BCUT2D eigenvalue weighted by molar-refractivity contribution is 7.17. The summed E-state index contributed by atoms with van der Waals surface area (Å²) in [6.07, 6.45) is 0. The Kier molecular flexibility index (Phi) is 5.69. The van der Waals surface area contributed by atoms with Crippen molar-refractivity contribution >= 4 is 39.1 Å². The fourth-order valence-corrected chi connectivity index (χ4v) is 3.41. The van der Waals surface area contributed by atoms with E-state index in [0.29, 0.717) is 10.2 Å². The van der Waals surface area contributed by atoms with E-state index in [-0.39, 0.29) is 35.7 Å². The quantitative estimate of drug-likeness (QED) is 0.370. The summed E-state index contributed by atoms with van der Waals surface area (Å²) < 4.78 is 5.35. The van der Waals surface area contributed by atoms with Crippen molar-refractivity contribution in [3.8, 4) is 0 Å². The summed E-state index contributed by atoms with van der Waals surface area (Å²) in [5, 5.41) is 12.9. The largest absolute Gasteiger partial charge is 0.462 e. The van der Waals surface area contributed by atoms with Gasteiger partial charge in [-0.1, -0.05) is 0 Å². The second-order valence-corrected chi connectivity index (χ2v) is 6.97. The first-order valence-electron chi connectivity index (χ1n) is 8.48. The van der Waals surface area contributed by atoms with Crippen LogP contribution in [0.2, 0.25) is 0 Å². The van der Waals surface area contributed by atoms with Gasteiger partial charge in [0.1, 0.15) is 10.5 Å².